The highest BCUT2D eigenvalue weighted by atomic mass is 32.1. The summed E-state index contributed by atoms with van der Waals surface area (Å²) < 4.78 is 0. The van der Waals surface area contributed by atoms with Gasteiger partial charge in [-0.3, -0.25) is 4.79 Å². The summed E-state index contributed by atoms with van der Waals surface area (Å²) in [6, 6.07) is 3.20. The molecule has 0 radical (unpaired) electrons. The van der Waals surface area contributed by atoms with Gasteiger partial charge in [0.15, 0.2) is 0 Å². The number of hydrogen-bond acceptors (Lipinski definition) is 5. The Balaban J connectivity index is 2.29. The molecular formula is C10H10N2O2S2. The number of carbonyl (C=O) groups is 1. The summed E-state index contributed by atoms with van der Waals surface area (Å²) in [5.74, 6) is -0.912. The fourth-order valence-electron chi connectivity index (χ4n) is 1.33. The molecule has 0 aliphatic rings. The van der Waals surface area contributed by atoms with Crippen LogP contribution < -0.4 is 5.32 Å². The number of aliphatic carboxylic acids is 1. The van der Waals surface area contributed by atoms with Crippen LogP contribution in [0.4, 0.5) is 0 Å². The first kappa shape index (κ1) is 11.3. The molecule has 0 aliphatic heterocycles. The quantitative estimate of drug-likeness (QED) is 0.878. The van der Waals surface area contributed by atoms with Gasteiger partial charge >= 0.3 is 5.97 Å². The summed E-state index contributed by atoms with van der Waals surface area (Å²) >= 11 is 3.06. The van der Waals surface area contributed by atoms with Gasteiger partial charge < -0.3 is 10.4 Å². The van der Waals surface area contributed by atoms with E-state index in [2.05, 4.69) is 10.3 Å². The molecule has 0 spiro atoms. The molecule has 0 fully saturated rings. The topological polar surface area (TPSA) is 62.2 Å². The predicted octanol–water partition coefficient (Wildman–Crippen LogP) is 2.22. The molecule has 0 saturated heterocycles. The molecule has 84 valence electrons. The van der Waals surface area contributed by atoms with Gasteiger partial charge in [0, 0.05) is 5.38 Å². The number of rotatable bonds is 4. The molecule has 2 aromatic heterocycles. The van der Waals surface area contributed by atoms with Crippen molar-refractivity contribution in [2.45, 2.75) is 6.04 Å². The van der Waals surface area contributed by atoms with E-state index in [9.17, 15) is 4.79 Å². The van der Waals surface area contributed by atoms with Crippen LogP contribution in [-0.4, -0.2) is 23.1 Å². The van der Waals surface area contributed by atoms with Crippen molar-refractivity contribution in [2.24, 2.45) is 0 Å². The van der Waals surface area contributed by atoms with Crippen molar-refractivity contribution in [1.82, 2.24) is 10.3 Å². The van der Waals surface area contributed by atoms with Crippen molar-refractivity contribution in [3.05, 3.63) is 28.6 Å². The lowest BCUT2D eigenvalue weighted by molar-refractivity contribution is -0.139. The molecule has 0 saturated carbocycles. The Kier molecular flexibility index (Phi) is 3.33. The molecule has 2 rings (SSSR count). The number of aromatic nitrogens is 1. The summed E-state index contributed by atoms with van der Waals surface area (Å²) in [4.78, 5) is 16.3. The second kappa shape index (κ2) is 4.73. The summed E-state index contributed by atoms with van der Waals surface area (Å²) in [5, 5.41) is 16.3. The van der Waals surface area contributed by atoms with E-state index in [1.807, 2.05) is 17.5 Å². The fraction of sp³-hybridized carbons (Fsp3) is 0.200. The van der Waals surface area contributed by atoms with Crippen LogP contribution in [0.15, 0.2) is 22.9 Å². The maximum atomic E-state index is 10.9. The van der Waals surface area contributed by atoms with Gasteiger partial charge in [0.05, 0.1) is 10.6 Å². The van der Waals surface area contributed by atoms with Gasteiger partial charge in [-0.2, -0.15) is 0 Å². The Labute approximate surface area is 101 Å². The lowest BCUT2D eigenvalue weighted by atomic mass is 10.2. The Bertz CT molecular complexity index is 479. The fourth-order valence-corrected chi connectivity index (χ4v) is 2.99. The zero-order chi connectivity index (χ0) is 11.5. The molecule has 16 heavy (non-hydrogen) atoms. The van der Waals surface area contributed by atoms with Crippen LogP contribution in [0.1, 0.15) is 11.7 Å². The Morgan fingerprint density at radius 2 is 2.38 bits per heavy atom. The minimum Gasteiger partial charge on any atom is -0.480 e. The van der Waals surface area contributed by atoms with Crippen molar-refractivity contribution in [1.29, 1.82) is 0 Å². The first-order valence-corrected chi connectivity index (χ1v) is 6.37. The van der Waals surface area contributed by atoms with E-state index in [1.165, 1.54) is 11.3 Å². The van der Waals surface area contributed by atoms with Crippen LogP contribution in [0.25, 0.3) is 9.88 Å². The smallest absolute Gasteiger partial charge is 0.327 e. The third kappa shape index (κ3) is 2.13. The van der Waals surface area contributed by atoms with Gasteiger partial charge in [0.25, 0.3) is 0 Å². The van der Waals surface area contributed by atoms with Crippen molar-refractivity contribution in [3.63, 3.8) is 0 Å². The Morgan fingerprint density at radius 1 is 1.56 bits per heavy atom. The SMILES string of the molecule is CNC(C(=O)O)c1csc(-c2cccs2)n1. The highest BCUT2D eigenvalue weighted by Gasteiger charge is 2.20. The normalized spacial score (nSPS) is 12.6. The molecule has 2 N–H and O–H groups in total. The highest BCUT2D eigenvalue weighted by Crippen LogP contribution is 2.29. The molecule has 4 nitrogen and oxygen atoms in total. The van der Waals surface area contributed by atoms with Crippen LogP contribution in [-0.2, 0) is 4.79 Å². The van der Waals surface area contributed by atoms with E-state index in [1.54, 1.807) is 23.8 Å². The summed E-state index contributed by atoms with van der Waals surface area (Å²) in [5.41, 5.74) is 0.559. The zero-order valence-electron chi connectivity index (χ0n) is 8.51. The molecule has 2 heterocycles. The molecule has 1 atom stereocenters. The number of thiazole rings is 1. The van der Waals surface area contributed by atoms with Gasteiger partial charge in [0.1, 0.15) is 11.0 Å². The summed E-state index contributed by atoms with van der Waals surface area (Å²) in [6.07, 6.45) is 0. The van der Waals surface area contributed by atoms with Crippen molar-refractivity contribution >= 4 is 28.6 Å². The average molecular weight is 254 g/mol. The van der Waals surface area contributed by atoms with E-state index in [0.29, 0.717) is 5.69 Å². The Hall–Kier alpha value is -1.24. The van der Waals surface area contributed by atoms with Gasteiger partial charge in [-0.25, -0.2) is 4.98 Å². The number of nitrogens with one attached hydrogen (secondary N) is 1. The molecule has 0 aromatic carbocycles. The first-order chi connectivity index (χ1) is 7.72. The number of likely N-dealkylation sites (N-methyl/N-ethyl adjacent to an activating group) is 1. The van der Waals surface area contributed by atoms with Gasteiger partial charge in [-0.15, -0.1) is 22.7 Å². The second-order valence-electron chi connectivity index (χ2n) is 3.11. The van der Waals surface area contributed by atoms with E-state index < -0.39 is 12.0 Å². The molecule has 0 amide bonds. The third-order valence-corrected chi connectivity index (χ3v) is 3.98. The number of nitrogens with zero attached hydrogens (tertiary/aromatic N) is 1. The van der Waals surface area contributed by atoms with Crippen LogP contribution in [0.3, 0.4) is 0 Å². The molecule has 0 aliphatic carbocycles. The lowest BCUT2D eigenvalue weighted by Gasteiger charge is -2.06. The van der Waals surface area contributed by atoms with Crippen LogP contribution in [0.2, 0.25) is 0 Å². The maximum Gasteiger partial charge on any atom is 0.327 e. The molecule has 0 bridgehead atoms. The molecule has 6 heteroatoms. The number of carboxylic acid groups (broad SMARTS) is 1. The van der Waals surface area contributed by atoms with E-state index in [0.717, 1.165) is 9.88 Å². The summed E-state index contributed by atoms with van der Waals surface area (Å²) in [7, 11) is 1.61. The van der Waals surface area contributed by atoms with Crippen LogP contribution >= 0.6 is 22.7 Å². The highest BCUT2D eigenvalue weighted by molar-refractivity contribution is 7.20. The molecule has 2 aromatic rings. The van der Waals surface area contributed by atoms with Crippen molar-refractivity contribution in [2.75, 3.05) is 7.05 Å². The number of hydrogen-bond donors (Lipinski definition) is 2. The number of carboxylic acids is 1. The predicted molar refractivity (Wildman–Crippen MR) is 64.9 cm³/mol. The zero-order valence-corrected chi connectivity index (χ0v) is 10.1. The van der Waals surface area contributed by atoms with Crippen LogP contribution in [0.5, 0.6) is 0 Å². The average Bonchev–Trinajstić information content (AvgIpc) is 2.86. The van der Waals surface area contributed by atoms with Crippen LogP contribution in [0, 0.1) is 0 Å². The molecular weight excluding hydrogens is 244 g/mol. The number of thiophene rings is 1. The standard InChI is InChI=1S/C10H10N2O2S2/c1-11-8(10(13)14)6-5-16-9(12-6)7-3-2-4-15-7/h2-5,8,11H,1H3,(H,13,14). The van der Waals surface area contributed by atoms with E-state index >= 15 is 0 Å². The monoisotopic (exact) mass is 254 g/mol. The Morgan fingerprint density at radius 3 is 2.94 bits per heavy atom. The lowest BCUT2D eigenvalue weighted by Crippen LogP contribution is -2.25. The van der Waals surface area contributed by atoms with Gasteiger partial charge in [0.2, 0.25) is 0 Å². The second-order valence-corrected chi connectivity index (χ2v) is 4.92. The molecule has 1 unspecified atom stereocenters. The first-order valence-electron chi connectivity index (χ1n) is 4.61. The summed E-state index contributed by atoms with van der Waals surface area (Å²) in [6.45, 7) is 0. The largest absolute Gasteiger partial charge is 0.480 e. The van der Waals surface area contributed by atoms with E-state index in [4.69, 9.17) is 5.11 Å². The maximum absolute atomic E-state index is 10.9. The minimum atomic E-state index is -0.912. The minimum absolute atomic E-state index is 0.559. The van der Waals surface area contributed by atoms with Crippen molar-refractivity contribution < 1.29 is 9.90 Å². The van der Waals surface area contributed by atoms with E-state index in [-0.39, 0.29) is 0 Å². The van der Waals surface area contributed by atoms with Gasteiger partial charge in [-0.05, 0) is 18.5 Å². The third-order valence-electron chi connectivity index (χ3n) is 2.09. The van der Waals surface area contributed by atoms with Crippen molar-refractivity contribution in [3.8, 4) is 9.88 Å². The van der Waals surface area contributed by atoms with Gasteiger partial charge in [-0.1, -0.05) is 6.07 Å².